The third-order valence-electron chi connectivity index (χ3n) is 2.53. The predicted molar refractivity (Wildman–Crippen MR) is 69.4 cm³/mol. The molecule has 0 bridgehead atoms. The highest BCUT2D eigenvalue weighted by Gasteiger charge is 2.13. The zero-order valence-electron chi connectivity index (χ0n) is 10.3. The number of rotatable bonds is 6. The summed E-state index contributed by atoms with van der Waals surface area (Å²) in [5.41, 5.74) is 1.14. The SMILES string of the molecule is O=C(O)c1ccc(CNS(=O)(=O)Cc2ccon2)cc1. The molecule has 0 amide bonds. The highest BCUT2D eigenvalue weighted by molar-refractivity contribution is 7.88. The molecule has 8 heteroatoms. The van der Waals surface area contributed by atoms with Gasteiger partial charge in [0.05, 0.1) is 11.3 Å². The third kappa shape index (κ3) is 3.90. The summed E-state index contributed by atoms with van der Waals surface area (Å²) in [5.74, 6) is -1.29. The fourth-order valence-corrected chi connectivity index (χ4v) is 2.54. The van der Waals surface area contributed by atoms with E-state index >= 15 is 0 Å². The Morgan fingerprint density at radius 2 is 1.95 bits per heavy atom. The normalized spacial score (nSPS) is 11.4. The van der Waals surface area contributed by atoms with E-state index in [1.807, 2.05) is 0 Å². The molecule has 0 aliphatic heterocycles. The number of benzene rings is 1. The zero-order valence-corrected chi connectivity index (χ0v) is 11.1. The molecule has 1 heterocycles. The predicted octanol–water partition coefficient (Wildman–Crippen LogP) is 0.992. The summed E-state index contributed by atoms with van der Waals surface area (Å²) in [4.78, 5) is 10.7. The molecule has 2 N–H and O–H groups in total. The van der Waals surface area contributed by atoms with Crippen molar-refractivity contribution in [2.45, 2.75) is 12.3 Å². The first-order chi connectivity index (χ1) is 9.46. The van der Waals surface area contributed by atoms with Gasteiger partial charge in [-0.25, -0.2) is 17.9 Å². The maximum Gasteiger partial charge on any atom is 0.335 e. The van der Waals surface area contributed by atoms with Gasteiger partial charge in [0.15, 0.2) is 0 Å². The van der Waals surface area contributed by atoms with E-state index < -0.39 is 16.0 Å². The minimum atomic E-state index is -3.52. The smallest absolute Gasteiger partial charge is 0.335 e. The minimum Gasteiger partial charge on any atom is -0.478 e. The van der Waals surface area contributed by atoms with Crippen molar-refractivity contribution in [3.05, 3.63) is 53.4 Å². The lowest BCUT2D eigenvalue weighted by molar-refractivity contribution is 0.0697. The summed E-state index contributed by atoms with van der Waals surface area (Å²) in [7, 11) is -3.52. The van der Waals surface area contributed by atoms with Gasteiger partial charge < -0.3 is 9.63 Å². The Balaban J connectivity index is 1.95. The Morgan fingerprint density at radius 1 is 1.25 bits per heavy atom. The average Bonchev–Trinajstić information content (AvgIpc) is 2.89. The van der Waals surface area contributed by atoms with Crippen molar-refractivity contribution in [2.75, 3.05) is 0 Å². The van der Waals surface area contributed by atoms with Crippen molar-refractivity contribution in [1.82, 2.24) is 9.88 Å². The Morgan fingerprint density at radius 3 is 2.50 bits per heavy atom. The van der Waals surface area contributed by atoms with Crippen LogP contribution in [-0.4, -0.2) is 24.7 Å². The summed E-state index contributed by atoms with van der Waals surface area (Å²) in [6.07, 6.45) is 1.30. The van der Waals surface area contributed by atoms with Crippen LogP contribution in [0.25, 0.3) is 0 Å². The van der Waals surface area contributed by atoms with Gasteiger partial charge in [0.1, 0.15) is 12.0 Å². The molecular weight excluding hydrogens is 284 g/mol. The molecule has 0 aliphatic rings. The van der Waals surface area contributed by atoms with Crippen molar-refractivity contribution in [1.29, 1.82) is 0 Å². The van der Waals surface area contributed by atoms with E-state index in [0.29, 0.717) is 11.3 Å². The second-order valence-electron chi connectivity index (χ2n) is 4.07. The number of hydrogen-bond donors (Lipinski definition) is 2. The minimum absolute atomic E-state index is 0.0834. The van der Waals surface area contributed by atoms with Crippen LogP contribution in [0.3, 0.4) is 0 Å². The van der Waals surface area contributed by atoms with Gasteiger partial charge >= 0.3 is 5.97 Å². The van der Waals surface area contributed by atoms with Crippen molar-refractivity contribution in [3.63, 3.8) is 0 Å². The Kier molecular flexibility index (Phi) is 4.16. The van der Waals surface area contributed by atoms with Gasteiger partial charge in [-0.3, -0.25) is 0 Å². The Bertz CT molecular complexity index is 677. The molecule has 2 rings (SSSR count). The van der Waals surface area contributed by atoms with Crippen LogP contribution < -0.4 is 4.72 Å². The summed E-state index contributed by atoms with van der Waals surface area (Å²) in [6, 6.07) is 7.43. The topological polar surface area (TPSA) is 110 Å². The van der Waals surface area contributed by atoms with Crippen molar-refractivity contribution < 1.29 is 22.8 Å². The fourth-order valence-electron chi connectivity index (χ4n) is 1.52. The van der Waals surface area contributed by atoms with Gasteiger partial charge in [0, 0.05) is 12.6 Å². The summed E-state index contributed by atoms with van der Waals surface area (Å²) < 4.78 is 30.5. The van der Waals surface area contributed by atoms with E-state index in [-0.39, 0.29) is 17.9 Å². The Labute approximate surface area is 115 Å². The van der Waals surface area contributed by atoms with Crippen LogP contribution in [0.5, 0.6) is 0 Å². The van der Waals surface area contributed by atoms with Gasteiger partial charge in [0.25, 0.3) is 0 Å². The molecule has 20 heavy (non-hydrogen) atoms. The monoisotopic (exact) mass is 296 g/mol. The number of aromatic carboxylic acids is 1. The van der Waals surface area contributed by atoms with Crippen LogP contribution in [0, 0.1) is 0 Å². The van der Waals surface area contributed by atoms with E-state index in [4.69, 9.17) is 5.11 Å². The molecule has 2 aromatic rings. The molecule has 0 atom stereocenters. The number of nitrogens with one attached hydrogen (secondary N) is 1. The molecule has 1 aromatic heterocycles. The average molecular weight is 296 g/mol. The van der Waals surface area contributed by atoms with Gasteiger partial charge in [-0.05, 0) is 17.7 Å². The number of sulfonamides is 1. The zero-order chi connectivity index (χ0) is 14.6. The van der Waals surface area contributed by atoms with Gasteiger partial charge in [-0.1, -0.05) is 17.3 Å². The molecule has 0 fully saturated rings. The lowest BCUT2D eigenvalue weighted by Crippen LogP contribution is -2.24. The first kappa shape index (κ1) is 14.2. The van der Waals surface area contributed by atoms with Crippen LogP contribution in [0.2, 0.25) is 0 Å². The molecular formula is C12H12N2O5S. The van der Waals surface area contributed by atoms with E-state index in [0.717, 1.165) is 0 Å². The van der Waals surface area contributed by atoms with E-state index in [1.165, 1.54) is 24.5 Å². The highest BCUT2D eigenvalue weighted by Crippen LogP contribution is 2.06. The van der Waals surface area contributed by atoms with Gasteiger partial charge in [-0.2, -0.15) is 0 Å². The lowest BCUT2D eigenvalue weighted by atomic mass is 10.1. The molecule has 1 aromatic carbocycles. The fraction of sp³-hybridized carbons (Fsp3) is 0.167. The van der Waals surface area contributed by atoms with Gasteiger partial charge in [0.2, 0.25) is 10.0 Å². The largest absolute Gasteiger partial charge is 0.478 e. The van der Waals surface area contributed by atoms with Crippen LogP contribution in [0.1, 0.15) is 21.6 Å². The molecule has 0 saturated carbocycles. The number of hydrogen-bond acceptors (Lipinski definition) is 5. The van der Waals surface area contributed by atoms with E-state index in [9.17, 15) is 13.2 Å². The van der Waals surface area contributed by atoms with Crippen LogP contribution >= 0.6 is 0 Å². The van der Waals surface area contributed by atoms with Crippen molar-refractivity contribution in [2.24, 2.45) is 0 Å². The molecule has 0 unspecified atom stereocenters. The first-order valence-electron chi connectivity index (χ1n) is 5.65. The second-order valence-corrected chi connectivity index (χ2v) is 5.88. The van der Waals surface area contributed by atoms with E-state index in [2.05, 4.69) is 14.4 Å². The standard InChI is InChI=1S/C12H12N2O5S/c15-12(16)10-3-1-9(2-4-10)7-13-20(17,18)8-11-5-6-19-14-11/h1-6,13H,7-8H2,(H,15,16). The van der Waals surface area contributed by atoms with Crippen molar-refractivity contribution in [3.8, 4) is 0 Å². The highest BCUT2D eigenvalue weighted by atomic mass is 32.2. The molecule has 106 valence electrons. The third-order valence-corrected chi connectivity index (χ3v) is 3.79. The quantitative estimate of drug-likeness (QED) is 0.822. The van der Waals surface area contributed by atoms with Crippen molar-refractivity contribution >= 4 is 16.0 Å². The maximum absolute atomic E-state index is 11.8. The number of aromatic nitrogens is 1. The molecule has 7 nitrogen and oxygen atoms in total. The number of carboxylic acid groups (broad SMARTS) is 1. The van der Waals surface area contributed by atoms with Crippen LogP contribution in [-0.2, 0) is 22.3 Å². The number of carboxylic acids is 1. The summed E-state index contributed by atoms with van der Waals surface area (Å²) in [6.45, 7) is 0.0834. The summed E-state index contributed by atoms with van der Waals surface area (Å²) >= 11 is 0. The van der Waals surface area contributed by atoms with E-state index in [1.54, 1.807) is 12.1 Å². The second kappa shape index (κ2) is 5.85. The molecule has 0 saturated heterocycles. The summed E-state index contributed by atoms with van der Waals surface area (Å²) in [5, 5.41) is 12.3. The van der Waals surface area contributed by atoms with Crippen LogP contribution in [0.4, 0.5) is 0 Å². The number of carbonyl (C=O) groups is 1. The molecule has 0 spiro atoms. The van der Waals surface area contributed by atoms with Gasteiger partial charge in [-0.15, -0.1) is 0 Å². The molecule has 0 aliphatic carbocycles. The maximum atomic E-state index is 11.8. The lowest BCUT2D eigenvalue weighted by Gasteiger charge is -2.05. The Hall–Kier alpha value is -2.19. The molecule has 0 radical (unpaired) electrons. The van der Waals surface area contributed by atoms with Crippen LogP contribution in [0.15, 0.2) is 41.1 Å². The number of nitrogens with zero attached hydrogens (tertiary/aromatic N) is 1. The first-order valence-corrected chi connectivity index (χ1v) is 7.30.